The predicted octanol–water partition coefficient (Wildman–Crippen LogP) is 7.29. The minimum absolute atomic E-state index is 0.281. The molecule has 8 nitrogen and oxygen atoms in total. The standard InChI is InChI=1S/C33H36N2O6S4/c1-32(2)26(34(18-10-20-44(36,37)38)30-28(32)22-12-5-7-14-24(22)42-30)16-9-17-27-33(3,4)29-23-13-6-8-15-25(23)43-31(29)35(27)19-11-21-45(39,40)41/h5-9,12-17H,10-11,18-21H2,1-4H3,(H-,36,37,38,39,40,41)/p+1. The number of allylic oxidation sites excluding steroid dienone is 4. The lowest BCUT2D eigenvalue weighted by Gasteiger charge is -2.27. The molecule has 45 heavy (non-hydrogen) atoms. The third kappa shape index (κ3) is 5.92. The van der Waals surface area contributed by atoms with E-state index in [1.54, 1.807) is 22.7 Å². The molecular weight excluding hydrogens is 649 g/mol. The van der Waals surface area contributed by atoms with Crippen LogP contribution in [0.25, 0.3) is 20.2 Å². The number of benzene rings is 2. The molecule has 0 saturated heterocycles. The van der Waals surface area contributed by atoms with Crippen molar-refractivity contribution in [1.82, 2.24) is 0 Å². The quantitative estimate of drug-likeness (QED) is 0.133. The van der Waals surface area contributed by atoms with Crippen LogP contribution in [-0.2, 0) is 31.1 Å². The Hall–Kier alpha value is -2.87. The highest BCUT2D eigenvalue weighted by Gasteiger charge is 2.47. The van der Waals surface area contributed by atoms with Crippen LogP contribution >= 0.6 is 22.7 Å². The Morgan fingerprint density at radius 3 is 2.02 bits per heavy atom. The average Bonchev–Trinajstić information content (AvgIpc) is 3.62. The van der Waals surface area contributed by atoms with Gasteiger partial charge >= 0.3 is 0 Å². The molecule has 0 atom stereocenters. The fourth-order valence-corrected chi connectivity index (χ4v) is 10.7. The van der Waals surface area contributed by atoms with E-state index in [1.165, 1.54) is 31.3 Å². The summed E-state index contributed by atoms with van der Waals surface area (Å²) in [7, 11) is -8.16. The van der Waals surface area contributed by atoms with E-state index in [1.807, 2.05) is 30.3 Å². The van der Waals surface area contributed by atoms with Gasteiger partial charge in [0.25, 0.3) is 25.2 Å². The summed E-state index contributed by atoms with van der Waals surface area (Å²) in [6, 6.07) is 16.6. The molecule has 0 saturated carbocycles. The highest BCUT2D eigenvalue weighted by Crippen LogP contribution is 2.55. The Kier molecular flexibility index (Phi) is 8.15. The van der Waals surface area contributed by atoms with Crippen molar-refractivity contribution < 1.29 is 30.5 Å². The molecule has 0 spiro atoms. The molecule has 0 radical (unpaired) electrons. The molecule has 6 rings (SSSR count). The molecule has 0 bridgehead atoms. The first kappa shape index (κ1) is 32.1. The van der Waals surface area contributed by atoms with Gasteiger partial charge in [0.15, 0.2) is 12.3 Å². The van der Waals surface area contributed by atoms with E-state index in [-0.39, 0.29) is 35.2 Å². The topological polar surface area (TPSA) is 115 Å². The van der Waals surface area contributed by atoms with E-state index in [4.69, 9.17) is 0 Å². The Labute approximate surface area is 272 Å². The van der Waals surface area contributed by atoms with Crippen molar-refractivity contribution in [2.75, 3.05) is 29.5 Å². The third-order valence-electron chi connectivity index (χ3n) is 8.83. The molecule has 238 valence electrons. The molecule has 4 aromatic rings. The van der Waals surface area contributed by atoms with Gasteiger partial charge in [0.2, 0.25) is 0 Å². The van der Waals surface area contributed by atoms with E-state index < -0.39 is 20.2 Å². The molecule has 0 aliphatic carbocycles. The summed E-state index contributed by atoms with van der Waals surface area (Å²) < 4.78 is 69.6. The summed E-state index contributed by atoms with van der Waals surface area (Å²) in [6.45, 7) is 9.62. The minimum Gasteiger partial charge on any atom is -0.336 e. The van der Waals surface area contributed by atoms with Gasteiger partial charge in [0.05, 0.1) is 22.5 Å². The van der Waals surface area contributed by atoms with Crippen LogP contribution in [0.2, 0.25) is 0 Å². The largest absolute Gasteiger partial charge is 0.336 e. The van der Waals surface area contributed by atoms with Crippen molar-refractivity contribution in [3.05, 3.63) is 83.6 Å². The molecule has 4 heterocycles. The molecule has 2 aromatic heterocycles. The summed E-state index contributed by atoms with van der Waals surface area (Å²) in [4.78, 5) is 2.19. The Morgan fingerprint density at radius 2 is 1.38 bits per heavy atom. The normalized spacial score (nSPS) is 18.6. The lowest BCUT2D eigenvalue weighted by Crippen LogP contribution is -2.29. The first-order valence-corrected chi connectivity index (χ1v) is 19.7. The van der Waals surface area contributed by atoms with Crippen LogP contribution < -0.4 is 4.90 Å². The maximum atomic E-state index is 11.6. The van der Waals surface area contributed by atoms with Gasteiger partial charge < -0.3 is 4.90 Å². The van der Waals surface area contributed by atoms with Crippen molar-refractivity contribution in [3.63, 3.8) is 0 Å². The Balaban J connectivity index is 1.42. The SMILES string of the molecule is CC1(C)C(/C=C/C=C2\N(CCCS(=O)(=O)O)c3sc4ccccc4c3C2(C)C)=[N+](CCCS(=O)(=O)O)c2sc3ccccc3c21. The smallest absolute Gasteiger partial charge is 0.267 e. The zero-order valence-electron chi connectivity index (χ0n) is 25.6. The summed E-state index contributed by atoms with van der Waals surface area (Å²) >= 11 is 3.38. The van der Waals surface area contributed by atoms with Gasteiger partial charge in [-0.15, -0.1) is 11.3 Å². The molecule has 0 fully saturated rings. The Morgan fingerprint density at radius 1 is 0.800 bits per heavy atom. The van der Waals surface area contributed by atoms with Crippen molar-refractivity contribution in [1.29, 1.82) is 0 Å². The summed E-state index contributed by atoms with van der Waals surface area (Å²) in [6.07, 6.45) is 6.79. The second-order valence-corrected chi connectivity index (χ2v) is 17.9. The maximum Gasteiger partial charge on any atom is 0.267 e. The predicted molar refractivity (Wildman–Crippen MR) is 186 cm³/mol. The molecule has 2 aromatic carbocycles. The van der Waals surface area contributed by atoms with Crippen LogP contribution in [0.1, 0.15) is 51.7 Å². The lowest BCUT2D eigenvalue weighted by molar-refractivity contribution is -0.433. The van der Waals surface area contributed by atoms with E-state index >= 15 is 0 Å². The van der Waals surface area contributed by atoms with Crippen LogP contribution in [0, 0.1) is 0 Å². The van der Waals surface area contributed by atoms with Gasteiger partial charge in [-0.2, -0.15) is 21.4 Å². The first-order chi connectivity index (χ1) is 21.1. The van der Waals surface area contributed by atoms with Crippen molar-refractivity contribution in [3.8, 4) is 0 Å². The molecule has 2 aliphatic rings. The number of anilines is 1. The molecular formula is C33H37N2O6S4+. The molecule has 2 aliphatic heterocycles. The Bertz CT molecular complexity index is 2130. The molecule has 0 amide bonds. The van der Waals surface area contributed by atoms with Gasteiger partial charge in [0, 0.05) is 50.5 Å². The number of rotatable bonds is 10. The second kappa shape index (κ2) is 11.4. The van der Waals surface area contributed by atoms with E-state index in [0.717, 1.165) is 21.4 Å². The number of nitrogens with zero attached hydrogens (tertiary/aromatic N) is 2. The van der Waals surface area contributed by atoms with E-state index in [0.29, 0.717) is 13.1 Å². The van der Waals surface area contributed by atoms with Crippen LogP contribution in [0.3, 0.4) is 0 Å². The number of thiophene rings is 2. The van der Waals surface area contributed by atoms with E-state index in [9.17, 15) is 25.9 Å². The van der Waals surface area contributed by atoms with Crippen LogP contribution in [0.5, 0.6) is 0 Å². The van der Waals surface area contributed by atoms with Gasteiger partial charge in [0.1, 0.15) is 5.00 Å². The molecule has 2 N–H and O–H groups in total. The number of hydrogen-bond acceptors (Lipinski definition) is 7. The highest BCUT2D eigenvalue weighted by molar-refractivity contribution is 7.86. The third-order valence-corrected chi connectivity index (χ3v) is 12.8. The van der Waals surface area contributed by atoms with Crippen LogP contribution in [-0.4, -0.2) is 60.8 Å². The maximum absolute atomic E-state index is 11.6. The van der Waals surface area contributed by atoms with Crippen molar-refractivity contribution >= 4 is 78.8 Å². The highest BCUT2D eigenvalue weighted by atomic mass is 32.2. The van der Waals surface area contributed by atoms with Crippen molar-refractivity contribution in [2.45, 2.75) is 51.4 Å². The monoisotopic (exact) mass is 685 g/mol. The van der Waals surface area contributed by atoms with Crippen LogP contribution in [0.4, 0.5) is 10.0 Å². The zero-order valence-corrected chi connectivity index (χ0v) is 28.9. The summed E-state index contributed by atoms with van der Waals surface area (Å²) in [5.74, 6) is -0.622. The summed E-state index contributed by atoms with van der Waals surface area (Å²) in [5.41, 5.74) is 3.77. The molecule has 0 unspecified atom stereocenters. The lowest BCUT2D eigenvalue weighted by atomic mass is 9.80. The first-order valence-electron chi connectivity index (χ1n) is 14.9. The van der Waals surface area contributed by atoms with Gasteiger partial charge in [-0.25, -0.2) is 0 Å². The fourth-order valence-electron chi connectivity index (χ4n) is 6.88. The van der Waals surface area contributed by atoms with Gasteiger partial charge in [-0.1, -0.05) is 67.7 Å². The summed E-state index contributed by atoms with van der Waals surface area (Å²) in [5, 5.41) is 4.54. The average molecular weight is 686 g/mol. The number of hydrogen-bond donors (Lipinski definition) is 2. The number of fused-ring (bicyclic) bond motifs is 6. The second-order valence-electron chi connectivity index (χ2n) is 12.7. The zero-order chi connectivity index (χ0) is 32.4. The van der Waals surface area contributed by atoms with Crippen molar-refractivity contribution in [2.24, 2.45) is 0 Å². The van der Waals surface area contributed by atoms with Crippen LogP contribution in [0.15, 0.2) is 72.5 Å². The van der Waals surface area contributed by atoms with Gasteiger partial charge in [-0.05, 0) is 43.9 Å². The van der Waals surface area contributed by atoms with E-state index in [2.05, 4.69) is 73.6 Å². The molecule has 12 heteroatoms. The minimum atomic E-state index is -4.08. The van der Waals surface area contributed by atoms with Gasteiger partial charge in [-0.3, -0.25) is 9.11 Å². The fraction of sp³-hybridized carbons (Fsp3) is 0.364.